The molecule has 17 heavy (non-hydrogen) atoms. The highest BCUT2D eigenvalue weighted by Gasteiger charge is 2.11. The number of nitrogens with one attached hydrogen (secondary N) is 1. The van der Waals surface area contributed by atoms with Crippen molar-refractivity contribution in [1.29, 1.82) is 0 Å². The van der Waals surface area contributed by atoms with Crippen LogP contribution in [0.5, 0.6) is 0 Å². The third kappa shape index (κ3) is 4.44. The number of aliphatic hydroxyl groups excluding tert-OH is 1. The van der Waals surface area contributed by atoms with Gasteiger partial charge in [0.1, 0.15) is 0 Å². The highest BCUT2D eigenvalue weighted by Crippen LogP contribution is 2.10. The number of aryl methyl sites for hydroxylation is 1. The second-order valence-corrected chi connectivity index (χ2v) is 4.01. The number of benzene rings is 1. The Morgan fingerprint density at radius 3 is 2.76 bits per heavy atom. The van der Waals surface area contributed by atoms with E-state index in [-0.39, 0.29) is 12.6 Å². The lowest BCUT2D eigenvalue weighted by Crippen LogP contribution is -2.37. The molecule has 0 bridgehead atoms. The maximum Gasteiger partial charge on any atom is 0.321 e. The Bertz CT molecular complexity index is 360. The first kappa shape index (κ1) is 13.5. The molecule has 0 aliphatic heterocycles. The topological polar surface area (TPSA) is 52.6 Å². The number of anilines is 1. The van der Waals surface area contributed by atoms with Gasteiger partial charge in [0.05, 0.1) is 6.61 Å². The van der Waals surface area contributed by atoms with Gasteiger partial charge in [-0.3, -0.25) is 0 Å². The zero-order valence-electron chi connectivity index (χ0n) is 10.4. The number of urea groups is 1. The first-order valence-electron chi connectivity index (χ1n) is 5.90. The molecule has 1 rings (SSSR count). The van der Waals surface area contributed by atoms with Crippen molar-refractivity contribution in [1.82, 2.24) is 4.90 Å². The van der Waals surface area contributed by atoms with Crippen LogP contribution in [-0.4, -0.2) is 35.7 Å². The lowest BCUT2D eigenvalue weighted by Gasteiger charge is -2.21. The molecule has 4 nitrogen and oxygen atoms in total. The summed E-state index contributed by atoms with van der Waals surface area (Å²) < 4.78 is 0. The number of aliphatic hydroxyl groups is 1. The molecule has 0 aromatic heterocycles. The second-order valence-electron chi connectivity index (χ2n) is 4.01. The van der Waals surface area contributed by atoms with Crippen LogP contribution in [0.3, 0.4) is 0 Å². The number of amides is 2. The Balaban J connectivity index is 2.62. The molecule has 1 aromatic rings. The SMILES string of the molecule is CCCN(CCO)C(=O)Nc1cccc(C)c1. The number of hydrogen-bond donors (Lipinski definition) is 2. The minimum Gasteiger partial charge on any atom is -0.395 e. The fourth-order valence-electron chi connectivity index (χ4n) is 1.63. The summed E-state index contributed by atoms with van der Waals surface area (Å²) in [5, 5.41) is 11.7. The van der Waals surface area contributed by atoms with Gasteiger partial charge in [0.15, 0.2) is 0 Å². The van der Waals surface area contributed by atoms with Crippen LogP contribution < -0.4 is 5.32 Å². The molecular weight excluding hydrogens is 216 g/mol. The predicted molar refractivity (Wildman–Crippen MR) is 69.1 cm³/mol. The van der Waals surface area contributed by atoms with E-state index in [0.717, 1.165) is 17.7 Å². The van der Waals surface area contributed by atoms with Crippen LogP contribution in [0.25, 0.3) is 0 Å². The van der Waals surface area contributed by atoms with Crippen LogP contribution in [0, 0.1) is 6.92 Å². The van der Waals surface area contributed by atoms with E-state index in [4.69, 9.17) is 5.11 Å². The molecule has 1 aromatic carbocycles. The summed E-state index contributed by atoms with van der Waals surface area (Å²) in [4.78, 5) is 13.5. The van der Waals surface area contributed by atoms with E-state index < -0.39 is 0 Å². The molecule has 2 amide bonds. The standard InChI is InChI=1S/C13H20N2O2/c1-3-7-15(8-9-16)13(17)14-12-6-4-5-11(2)10-12/h4-6,10,16H,3,7-9H2,1-2H3,(H,14,17). The van der Waals surface area contributed by atoms with Gasteiger partial charge in [-0.05, 0) is 31.0 Å². The van der Waals surface area contributed by atoms with E-state index in [2.05, 4.69) is 5.32 Å². The molecule has 0 radical (unpaired) electrons. The summed E-state index contributed by atoms with van der Waals surface area (Å²) in [7, 11) is 0. The maximum absolute atomic E-state index is 11.9. The Morgan fingerprint density at radius 1 is 1.41 bits per heavy atom. The largest absolute Gasteiger partial charge is 0.395 e. The van der Waals surface area contributed by atoms with E-state index in [9.17, 15) is 4.79 Å². The van der Waals surface area contributed by atoms with Crippen LogP contribution in [0.15, 0.2) is 24.3 Å². The minimum absolute atomic E-state index is 0.0127. The second kappa shape index (κ2) is 6.91. The average Bonchev–Trinajstić information content (AvgIpc) is 2.28. The van der Waals surface area contributed by atoms with E-state index in [1.165, 1.54) is 0 Å². The van der Waals surface area contributed by atoms with Crippen LogP contribution in [0.1, 0.15) is 18.9 Å². The Kier molecular flexibility index (Phi) is 5.49. The fraction of sp³-hybridized carbons (Fsp3) is 0.462. The first-order chi connectivity index (χ1) is 8.17. The van der Waals surface area contributed by atoms with Crippen LogP contribution >= 0.6 is 0 Å². The number of carbonyl (C=O) groups is 1. The fourth-order valence-corrected chi connectivity index (χ4v) is 1.63. The average molecular weight is 236 g/mol. The van der Waals surface area contributed by atoms with Crippen molar-refractivity contribution in [3.8, 4) is 0 Å². The molecule has 0 unspecified atom stereocenters. The lowest BCUT2D eigenvalue weighted by molar-refractivity contribution is 0.188. The molecule has 0 aliphatic carbocycles. The smallest absolute Gasteiger partial charge is 0.321 e. The third-order valence-electron chi connectivity index (χ3n) is 2.42. The van der Waals surface area contributed by atoms with Gasteiger partial charge in [-0.2, -0.15) is 0 Å². The maximum atomic E-state index is 11.9. The van der Waals surface area contributed by atoms with Crippen LogP contribution in [0.4, 0.5) is 10.5 Å². The van der Waals surface area contributed by atoms with Gasteiger partial charge in [-0.1, -0.05) is 19.1 Å². The van der Waals surface area contributed by atoms with E-state index in [1.807, 2.05) is 38.1 Å². The molecule has 0 aliphatic rings. The van der Waals surface area contributed by atoms with Gasteiger partial charge in [-0.15, -0.1) is 0 Å². The Morgan fingerprint density at radius 2 is 2.18 bits per heavy atom. The molecule has 4 heteroatoms. The number of carbonyl (C=O) groups excluding carboxylic acids is 1. The first-order valence-corrected chi connectivity index (χ1v) is 5.90. The zero-order chi connectivity index (χ0) is 12.7. The Labute approximate surface area is 102 Å². The van der Waals surface area contributed by atoms with Gasteiger partial charge >= 0.3 is 6.03 Å². The summed E-state index contributed by atoms with van der Waals surface area (Å²) in [6, 6.07) is 7.50. The Hall–Kier alpha value is -1.55. The molecule has 0 fully saturated rings. The molecule has 0 spiro atoms. The molecule has 0 saturated carbocycles. The zero-order valence-corrected chi connectivity index (χ0v) is 10.4. The molecular formula is C13H20N2O2. The number of hydrogen-bond acceptors (Lipinski definition) is 2. The van der Waals surface area contributed by atoms with E-state index in [0.29, 0.717) is 13.1 Å². The highest BCUT2D eigenvalue weighted by molar-refractivity contribution is 5.89. The lowest BCUT2D eigenvalue weighted by atomic mass is 10.2. The van der Waals surface area contributed by atoms with Gasteiger partial charge in [-0.25, -0.2) is 4.79 Å². The molecule has 0 atom stereocenters. The highest BCUT2D eigenvalue weighted by atomic mass is 16.3. The molecule has 0 heterocycles. The summed E-state index contributed by atoms with van der Waals surface area (Å²) in [5.41, 5.74) is 1.89. The summed E-state index contributed by atoms with van der Waals surface area (Å²) in [6.07, 6.45) is 0.876. The number of nitrogens with zero attached hydrogens (tertiary/aromatic N) is 1. The normalized spacial score (nSPS) is 10.1. The van der Waals surface area contributed by atoms with Gasteiger partial charge in [0.25, 0.3) is 0 Å². The summed E-state index contributed by atoms with van der Waals surface area (Å²) in [5.74, 6) is 0. The van der Waals surface area contributed by atoms with Crippen molar-refractivity contribution in [2.75, 3.05) is 25.0 Å². The predicted octanol–water partition coefficient (Wildman–Crippen LogP) is 2.23. The van der Waals surface area contributed by atoms with Gasteiger partial charge in [0, 0.05) is 18.8 Å². The molecule has 0 saturated heterocycles. The van der Waals surface area contributed by atoms with Gasteiger partial charge < -0.3 is 15.3 Å². The molecule has 94 valence electrons. The van der Waals surface area contributed by atoms with Crippen LogP contribution in [-0.2, 0) is 0 Å². The van der Waals surface area contributed by atoms with Crippen molar-refractivity contribution in [2.24, 2.45) is 0 Å². The van der Waals surface area contributed by atoms with Crippen molar-refractivity contribution in [2.45, 2.75) is 20.3 Å². The van der Waals surface area contributed by atoms with Crippen molar-refractivity contribution < 1.29 is 9.90 Å². The van der Waals surface area contributed by atoms with Crippen molar-refractivity contribution in [3.63, 3.8) is 0 Å². The summed E-state index contributed by atoms with van der Waals surface area (Å²) in [6.45, 7) is 4.99. The third-order valence-corrected chi connectivity index (χ3v) is 2.42. The minimum atomic E-state index is -0.161. The quantitative estimate of drug-likeness (QED) is 0.823. The molecule has 2 N–H and O–H groups in total. The van der Waals surface area contributed by atoms with Gasteiger partial charge in [0.2, 0.25) is 0 Å². The van der Waals surface area contributed by atoms with E-state index in [1.54, 1.807) is 4.90 Å². The summed E-state index contributed by atoms with van der Waals surface area (Å²) >= 11 is 0. The number of rotatable bonds is 5. The van der Waals surface area contributed by atoms with Crippen molar-refractivity contribution >= 4 is 11.7 Å². The van der Waals surface area contributed by atoms with Crippen LogP contribution in [0.2, 0.25) is 0 Å². The van der Waals surface area contributed by atoms with Crippen molar-refractivity contribution in [3.05, 3.63) is 29.8 Å². The monoisotopic (exact) mass is 236 g/mol. The van der Waals surface area contributed by atoms with E-state index >= 15 is 0 Å².